The van der Waals surface area contributed by atoms with Crippen LogP contribution >= 0.6 is 22.9 Å². The molecule has 0 saturated heterocycles. The van der Waals surface area contributed by atoms with Gasteiger partial charge in [0.1, 0.15) is 10.9 Å². The van der Waals surface area contributed by atoms with Gasteiger partial charge in [-0.15, -0.1) is 11.3 Å². The van der Waals surface area contributed by atoms with E-state index in [-0.39, 0.29) is 11.8 Å². The molecule has 0 bridgehead atoms. The van der Waals surface area contributed by atoms with Crippen LogP contribution < -0.4 is 10.6 Å². The molecule has 0 saturated carbocycles. The first-order valence-electron chi connectivity index (χ1n) is 9.19. The molecule has 0 aliphatic rings. The molecule has 2 N–H and O–H groups in total. The number of nitrogens with zero attached hydrogens (tertiary/aromatic N) is 2. The van der Waals surface area contributed by atoms with Gasteiger partial charge in [0.25, 0.3) is 5.91 Å². The van der Waals surface area contributed by atoms with E-state index in [0.29, 0.717) is 23.0 Å². The van der Waals surface area contributed by atoms with Crippen molar-refractivity contribution >= 4 is 45.0 Å². The minimum Gasteiger partial charge on any atom is -0.354 e. The summed E-state index contributed by atoms with van der Waals surface area (Å²) in [7, 11) is 0. The normalized spacial score (nSPS) is 12.1. The average molecular weight is 419 g/mol. The summed E-state index contributed by atoms with van der Waals surface area (Å²) < 4.78 is 1.87. The van der Waals surface area contributed by atoms with Crippen molar-refractivity contribution < 1.29 is 9.59 Å². The van der Waals surface area contributed by atoms with Crippen molar-refractivity contribution in [1.29, 1.82) is 0 Å². The number of amides is 2. The molecule has 3 aromatic rings. The number of aromatic nitrogens is 2. The van der Waals surface area contributed by atoms with Crippen LogP contribution in [0.2, 0.25) is 5.02 Å². The van der Waals surface area contributed by atoms with E-state index in [2.05, 4.69) is 15.7 Å². The molecule has 2 heterocycles. The monoisotopic (exact) mass is 418 g/mol. The first-order valence-corrected chi connectivity index (χ1v) is 10.4. The number of carbonyl (C=O) groups is 2. The van der Waals surface area contributed by atoms with Crippen LogP contribution in [0.15, 0.2) is 30.3 Å². The van der Waals surface area contributed by atoms with Crippen LogP contribution in [0.3, 0.4) is 0 Å². The SMILES string of the molecule is CCCNC(=O)C(C)NC(=O)c1cc2c(C)nn(Cc3ccccc3Cl)c2s1. The molecule has 0 radical (unpaired) electrons. The number of carbonyl (C=O) groups excluding carboxylic acids is 2. The summed E-state index contributed by atoms with van der Waals surface area (Å²) in [5.41, 5.74) is 1.82. The van der Waals surface area contributed by atoms with Crippen molar-refractivity contribution in [2.24, 2.45) is 0 Å². The number of halogens is 1. The van der Waals surface area contributed by atoms with Crippen molar-refractivity contribution in [2.75, 3.05) is 6.54 Å². The minimum absolute atomic E-state index is 0.183. The average Bonchev–Trinajstić information content (AvgIpc) is 3.23. The van der Waals surface area contributed by atoms with Gasteiger partial charge >= 0.3 is 0 Å². The van der Waals surface area contributed by atoms with Gasteiger partial charge in [0.2, 0.25) is 5.91 Å². The summed E-state index contributed by atoms with van der Waals surface area (Å²) >= 11 is 7.63. The molecular formula is C20H23ClN4O2S. The number of hydrogen-bond acceptors (Lipinski definition) is 4. The van der Waals surface area contributed by atoms with E-state index in [0.717, 1.165) is 27.9 Å². The van der Waals surface area contributed by atoms with Crippen molar-refractivity contribution in [3.8, 4) is 0 Å². The predicted octanol–water partition coefficient (Wildman–Crippen LogP) is 3.75. The van der Waals surface area contributed by atoms with E-state index < -0.39 is 6.04 Å². The summed E-state index contributed by atoms with van der Waals surface area (Å²) in [6.07, 6.45) is 0.851. The Morgan fingerprint density at radius 3 is 2.79 bits per heavy atom. The first-order chi connectivity index (χ1) is 13.4. The van der Waals surface area contributed by atoms with E-state index in [1.54, 1.807) is 6.92 Å². The topological polar surface area (TPSA) is 76.0 Å². The van der Waals surface area contributed by atoms with Crippen LogP contribution in [0.1, 0.15) is 41.2 Å². The fourth-order valence-electron chi connectivity index (χ4n) is 2.85. The van der Waals surface area contributed by atoms with E-state index in [1.807, 2.05) is 48.9 Å². The van der Waals surface area contributed by atoms with Crippen molar-refractivity contribution in [3.05, 3.63) is 51.5 Å². The smallest absolute Gasteiger partial charge is 0.262 e. The summed E-state index contributed by atoms with van der Waals surface area (Å²) in [4.78, 5) is 26.1. The number of hydrogen-bond donors (Lipinski definition) is 2. The van der Waals surface area contributed by atoms with Gasteiger partial charge in [-0.05, 0) is 38.0 Å². The van der Waals surface area contributed by atoms with Gasteiger partial charge in [0.05, 0.1) is 17.1 Å². The predicted molar refractivity (Wildman–Crippen MR) is 113 cm³/mol. The molecule has 2 aromatic heterocycles. The van der Waals surface area contributed by atoms with Gasteiger partial charge in [-0.2, -0.15) is 5.10 Å². The van der Waals surface area contributed by atoms with E-state index in [1.165, 1.54) is 11.3 Å². The Kier molecular flexibility index (Phi) is 6.36. The molecule has 8 heteroatoms. The third-order valence-electron chi connectivity index (χ3n) is 4.40. The fourth-order valence-corrected chi connectivity index (χ4v) is 4.11. The second-order valence-electron chi connectivity index (χ2n) is 6.65. The minimum atomic E-state index is -0.593. The van der Waals surface area contributed by atoms with Gasteiger partial charge in [-0.25, -0.2) is 0 Å². The molecule has 0 fully saturated rings. The maximum absolute atomic E-state index is 12.6. The van der Waals surface area contributed by atoms with E-state index >= 15 is 0 Å². The molecule has 6 nitrogen and oxygen atoms in total. The maximum Gasteiger partial charge on any atom is 0.262 e. The highest BCUT2D eigenvalue weighted by Gasteiger charge is 2.20. The zero-order valence-electron chi connectivity index (χ0n) is 16.1. The molecule has 0 aliphatic carbocycles. The number of thiophene rings is 1. The second kappa shape index (κ2) is 8.75. The van der Waals surface area contributed by atoms with Crippen LogP contribution in [0.25, 0.3) is 10.2 Å². The highest BCUT2D eigenvalue weighted by molar-refractivity contribution is 7.20. The Morgan fingerprint density at radius 1 is 1.32 bits per heavy atom. The summed E-state index contributed by atoms with van der Waals surface area (Å²) in [6, 6.07) is 8.88. The molecule has 1 aromatic carbocycles. The van der Waals surface area contributed by atoms with E-state index in [4.69, 9.17) is 11.6 Å². The summed E-state index contributed by atoms with van der Waals surface area (Å²) in [6.45, 7) is 6.71. The number of aryl methyl sites for hydroxylation is 1. The Balaban J connectivity index is 1.79. The first kappa shape index (κ1) is 20.4. The molecule has 1 atom stereocenters. The molecule has 2 amide bonds. The van der Waals surface area contributed by atoms with Crippen LogP contribution in [0.4, 0.5) is 0 Å². The number of benzene rings is 1. The van der Waals surface area contributed by atoms with E-state index in [9.17, 15) is 9.59 Å². The lowest BCUT2D eigenvalue weighted by Crippen LogP contribution is -2.44. The highest BCUT2D eigenvalue weighted by Crippen LogP contribution is 2.29. The number of rotatable bonds is 7. The Bertz CT molecular complexity index is 1010. The zero-order chi connectivity index (χ0) is 20.3. The lowest BCUT2D eigenvalue weighted by molar-refractivity contribution is -0.122. The lowest BCUT2D eigenvalue weighted by atomic mass is 10.2. The van der Waals surface area contributed by atoms with Crippen molar-refractivity contribution in [3.63, 3.8) is 0 Å². The fraction of sp³-hybridized carbons (Fsp3) is 0.350. The lowest BCUT2D eigenvalue weighted by Gasteiger charge is -2.13. The highest BCUT2D eigenvalue weighted by atomic mass is 35.5. The molecule has 0 spiro atoms. The maximum atomic E-state index is 12.6. The van der Waals surface area contributed by atoms with Gasteiger partial charge in [0.15, 0.2) is 0 Å². The summed E-state index contributed by atoms with van der Waals surface area (Å²) in [5.74, 6) is -0.443. The third kappa shape index (κ3) is 4.36. The van der Waals surface area contributed by atoms with Gasteiger partial charge < -0.3 is 10.6 Å². The molecule has 1 unspecified atom stereocenters. The molecule has 3 rings (SSSR count). The number of fused-ring (bicyclic) bond motifs is 1. The Morgan fingerprint density at radius 2 is 2.07 bits per heavy atom. The van der Waals surface area contributed by atoms with Crippen LogP contribution in [-0.2, 0) is 11.3 Å². The molecular weight excluding hydrogens is 396 g/mol. The summed E-state index contributed by atoms with van der Waals surface area (Å²) in [5, 5.41) is 11.7. The zero-order valence-corrected chi connectivity index (χ0v) is 17.7. The van der Waals surface area contributed by atoms with Gasteiger partial charge in [0, 0.05) is 17.0 Å². The van der Waals surface area contributed by atoms with Crippen LogP contribution in [0.5, 0.6) is 0 Å². The molecule has 0 aliphatic heterocycles. The van der Waals surface area contributed by atoms with Crippen molar-refractivity contribution in [2.45, 2.75) is 39.8 Å². The molecule has 148 valence electrons. The standard InChI is InChI=1S/C20H23ClN4O2S/c1-4-9-22-18(26)13(3)23-19(27)17-10-15-12(2)24-25(20(15)28-17)11-14-7-5-6-8-16(14)21/h5-8,10,13H,4,9,11H2,1-3H3,(H,22,26)(H,23,27). The van der Waals surface area contributed by atoms with Crippen LogP contribution in [0, 0.1) is 6.92 Å². The quantitative estimate of drug-likeness (QED) is 0.613. The largest absolute Gasteiger partial charge is 0.354 e. The third-order valence-corrected chi connectivity index (χ3v) is 5.92. The van der Waals surface area contributed by atoms with Crippen molar-refractivity contribution in [1.82, 2.24) is 20.4 Å². The number of nitrogens with one attached hydrogen (secondary N) is 2. The Hall–Kier alpha value is -2.38. The van der Waals surface area contributed by atoms with Gasteiger partial charge in [-0.3, -0.25) is 14.3 Å². The van der Waals surface area contributed by atoms with Gasteiger partial charge in [-0.1, -0.05) is 36.7 Å². The molecule has 28 heavy (non-hydrogen) atoms. The second-order valence-corrected chi connectivity index (χ2v) is 8.09. The van der Waals surface area contributed by atoms with Crippen LogP contribution in [-0.4, -0.2) is 34.2 Å². The Labute approximate surface area is 172 Å².